The van der Waals surface area contributed by atoms with Crippen LogP contribution in [-0.2, 0) is 16.1 Å². The fraction of sp³-hybridized carbons (Fsp3) is 0.458. The quantitative estimate of drug-likeness (QED) is 0.744. The Hall–Kier alpha value is -2.93. The molecule has 0 aliphatic carbocycles. The van der Waals surface area contributed by atoms with E-state index in [1.54, 1.807) is 24.3 Å². The lowest BCUT2D eigenvalue weighted by Gasteiger charge is -2.21. The van der Waals surface area contributed by atoms with Crippen LogP contribution in [0.5, 0.6) is 0 Å². The summed E-state index contributed by atoms with van der Waals surface area (Å²) in [5, 5.41) is 5.77. The third kappa shape index (κ3) is 5.82. The zero-order valence-corrected chi connectivity index (χ0v) is 17.8. The van der Waals surface area contributed by atoms with Crippen molar-refractivity contribution in [1.82, 2.24) is 10.3 Å². The molecule has 2 N–H and O–H groups in total. The van der Waals surface area contributed by atoms with Gasteiger partial charge in [0.2, 0.25) is 0 Å². The van der Waals surface area contributed by atoms with Gasteiger partial charge in [-0.25, -0.2) is 4.98 Å². The van der Waals surface area contributed by atoms with Crippen molar-refractivity contribution in [2.45, 2.75) is 51.2 Å². The Morgan fingerprint density at radius 1 is 1.06 bits per heavy atom. The normalized spacial score (nSPS) is 19.0. The van der Waals surface area contributed by atoms with Gasteiger partial charge in [-0.2, -0.15) is 0 Å². The number of anilines is 2. The minimum atomic E-state index is -0.401. The van der Waals surface area contributed by atoms with Crippen LogP contribution in [0.2, 0.25) is 0 Å². The second-order valence-corrected chi connectivity index (χ2v) is 8.18. The zero-order chi connectivity index (χ0) is 21.5. The molecule has 31 heavy (non-hydrogen) atoms. The van der Waals surface area contributed by atoms with E-state index in [1.807, 2.05) is 18.3 Å². The number of ether oxygens (including phenoxy) is 1. The Morgan fingerprint density at radius 3 is 2.61 bits per heavy atom. The van der Waals surface area contributed by atoms with Gasteiger partial charge in [-0.05, 0) is 55.5 Å². The van der Waals surface area contributed by atoms with Gasteiger partial charge in [-0.3, -0.25) is 9.59 Å². The number of nitrogens with one attached hydrogen (secondary N) is 2. The maximum Gasteiger partial charge on any atom is 0.253 e. The Balaban J connectivity index is 1.30. The van der Waals surface area contributed by atoms with Crippen LogP contribution in [0.25, 0.3) is 0 Å². The Bertz CT molecular complexity index is 886. The molecule has 2 saturated heterocycles. The van der Waals surface area contributed by atoms with Gasteiger partial charge in [0, 0.05) is 43.7 Å². The monoisotopic (exact) mass is 422 g/mol. The summed E-state index contributed by atoms with van der Waals surface area (Å²) in [6, 6.07) is 11.0. The number of nitrogens with zero attached hydrogens (tertiary/aromatic N) is 2. The standard InChI is InChI=1S/C24H30N4O3/c29-23(19-7-5-8-20(15-19)27-24(30)21-9-6-14-31-21)26-17-18-10-11-22(25-16-18)28-12-3-1-2-4-13-28/h5,7-8,10-11,15-16,21H,1-4,6,9,12-14,17H2,(H,26,29)(H,27,30). The highest BCUT2D eigenvalue weighted by Gasteiger charge is 2.23. The van der Waals surface area contributed by atoms with Crippen molar-refractivity contribution in [3.8, 4) is 0 Å². The topological polar surface area (TPSA) is 83.6 Å². The van der Waals surface area contributed by atoms with Gasteiger partial charge in [0.05, 0.1) is 0 Å². The molecule has 1 unspecified atom stereocenters. The predicted octanol–water partition coefficient (Wildman–Crippen LogP) is 3.51. The van der Waals surface area contributed by atoms with Crippen LogP contribution < -0.4 is 15.5 Å². The van der Waals surface area contributed by atoms with E-state index < -0.39 is 6.10 Å². The predicted molar refractivity (Wildman–Crippen MR) is 120 cm³/mol. The van der Waals surface area contributed by atoms with Crippen molar-refractivity contribution in [2.24, 2.45) is 0 Å². The molecule has 2 aliphatic rings. The van der Waals surface area contributed by atoms with Crippen LogP contribution in [0, 0.1) is 0 Å². The summed E-state index contributed by atoms with van der Waals surface area (Å²) < 4.78 is 5.41. The molecule has 2 amide bonds. The summed E-state index contributed by atoms with van der Waals surface area (Å²) in [6.45, 7) is 3.14. The van der Waals surface area contributed by atoms with E-state index in [9.17, 15) is 9.59 Å². The van der Waals surface area contributed by atoms with E-state index in [1.165, 1.54) is 25.7 Å². The number of hydrogen-bond acceptors (Lipinski definition) is 5. The first-order valence-electron chi connectivity index (χ1n) is 11.2. The van der Waals surface area contributed by atoms with Crippen molar-refractivity contribution in [2.75, 3.05) is 29.9 Å². The lowest BCUT2D eigenvalue weighted by molar-refractivity contribution is -0.124. The second kappa shape index (κ2) is 10.4. The summed E-state index contributed by atoms with van der Waals surface area (Å²) >= 11 is 0. The Morgan fingerprint density at radius 2 is 1.90 bits per heavy atom. The van der Waals surface area contributed by atoms with E-state index in [0.717, 1.165) is 37.3 Å². The van der Waals surface area contributed by atoms with Crippen molar-refractivity contribution in [3.63, 3.8) is 0 Å². The SMILES string of the molecule is O=C(NCc1ccc(N2CCCCCC2)nc1)c1cccc(NC(=O)C2CCCO2)c1. The molecule has 0 bridgehead atoms. The van der Waals surface area contributed by atoms with Crippen LogP contribution in [0.1, 0.15) is 54.4 Å². The van der Waals surface area contributed by atoms with Crippen molar-refractivity contribution < 1.29 is 14.3 Å². The number of pyridine rings is 1. The molecule has 4 rings (SSSR count). The molecule has 1 atom stereocenters. The first-order chi connectivity index (χ1) is 15.2. The second-order valence-electron chi connectivity index (χ2n) is 8.18. The minimum absolute atomic E-state index is 0.161. The van der Waals surface area contributed by atoms with Gasteiger partial charge in [-0.1, -0.05) is 25.0 Å². The first-order valence-corrected chi connectivity index (χ1v) is 11.2. The molecule has 7 heteroatoms. The molecule has 1 aromatic heterocycles. The molecule has 0 spiro atoms. The number of amides is 2. The van der Waals surface area contributed by atoms with Crippen LogP contribution >= 0.6 is 0 Å². The van der Waals surface area contributed by atoms with Crippen LogP contribution in [0.3, 0.4) is 0 Å². The number of carbonyl (C=O) groups excluding carboxylic acids is 2. The van der Waals surface area contributed by atoms with E-state index in [0.29, 0.717) is 24.4 Å². The molecule has 0 radical (unpaired) electrons. The maximum atomic E-state index is 12.6. The smallest absolute Gasteiger partial charge is 0.253 e. The molecular formula is C24H30N4O3. The Kier molecular flexibility index (Phi) is 7.14. The summed E-state index contributed by atoms with van der Waals surface area (Å²) in [5.74, 6) is 0.655. The highest BCUT2D eigenvalue weighted by molar-refractivity contribution is 5.98. The fourth-order valence-corrected chi connectivity index (χ4v) is 4.04. The van der Waals surface area contributed by atoms with Gasteiger partial charge in [0.1, 0.15) is 11.9 Å². The highest BCUT2D eigenvalue weighted by atomic mass is 16.5. The van der Waals surface area contributed by atoms with Crippen molar-refractivity contribution in [3.05, 3.63) is 53.7 Å². The molecule has 164 valence electrons. The summed E-state index contributed by atoms with van der Waals surface area (Å²) in [4.78, 5) is 31.7. The van der Waals surface area contributed by atoms with E-state index in [-0.39, 0.29) is 11.8 Å². The number of benzene rings is 1. The molecular weight excluding hydrogens is 392 g/mol. The molecule has 3 heterocycles. The first kappa shape index (κ1) is 21.3. The summed E-state index contributed by atoms with van der Waals surface area (Å²) in [7, 11) is 0. The molecule has 2 aliphatic heterocycles. The van der Waals surface area contributed by atoms with Gasteiger partial charge >= 0.3 is 0 Å². The van der Waals surface area contributed by atoms with Gasteiger partial charge in [0.15, 0.2) is 0 Å². The van der Waals surface area contributed by atoms with Gasteiger partial charge in [-0.15, -0.1) is 0 Å². The Labute approximate surface area is 183 Å². The third-order valence-electron chi connectivity index (χ3n) is 5.81. The molecule has 0 saturated carbocycles. The van der Waals surface area contributed by atoms with Crippen LogP contribution in [0.4, 0.5) is 11.5 Å². The largest absolute Gasteiger partial charge is 0.368 e. The molecule has 2 fully saturated rings. The molecule has 7 nitrogen and oxygen atoms in total. The number of rotatable bonds is 6. The summed E-state index contributed by atoms with van der Waals surface area (Å²) in [6.07, 6.45) is 8.07. The fourth-order valence-electron chi connectivity index (χ4n) is 4.04. The van der Waals surface area contributed by atoms with E-state index in [2.05, 4.69) is 20.5 Å². The van der Waals surface area contributed by atoms with E-state index in [4.69, 9.17) is 4.74 Å². The number of hydrogen-bond donors (Lipinski definition) is 2. The van der Waals surface area contributed by atoms with Crippen molar-refractivity contribution >= 4 is 23.3 Å². The third-order valence-corrected chi connectivity index (χ3v) is 5.81. The van der Waals surface area contributed by atoms with E-state index >= 15 is 0 Å². The van der Waals surface area contributed by atoms with Crippen LogP contribution in [-0.4, -0.2) is 42.6 Å². The van der Waals surface area contributed by atoms with Gasteiger partial charge < -0.3 is 20.3 Å². The average molecular weight is 423 g/mol. The highest BCUT2D eigenvalue weighted by Crippen LogP contribution is 2.18. The lowest BCUT2D eigenvalue weighted by atomic mass is 10.1. The number of carbonyl (C=O) groups is 2. The van der Waals surface area contributed by atoms with Crippen molar-refractivity contribution in [1.29, 1.82) is 0 Å². The van der Waals surface area contributed by atoms with Crippen LogP contribution in [0.15, 0.2) is 42.6 Å². The molecule has 2 aromatic rings. The number of aromatic nitrogens is 1. The van der Waals surface area contributed by atoms with Gasteiger partial charge in [0.25, 0.3) is 11.8 Å². The average Bonchev–Trinajstić information content (AvgIpc) is 3.21. The zero-order valence-electron chi connectivity index (χ0n) is 17.8. The lowest BCUT2D eigenvalue weighted by Crippen LogP contribution is -2.27. The minimum Gasteiger partial charge on any atom is -0.368 e. The summed E-state index contributed by atoms with van der Waals surface area (Å²) in [5.41, 5.74) is 2.05. The maximum absolute atomic E-state index is 12.6. The molecule has 1 aromatic carbocycles.